The van der Waals surface area contributed by atoms with Crippen molar-refractivity contribution in [2.45, 2.75) is 51.4 Å². The van der Waals surface area contributed by atoms with Crippen LogP contribution in [0, 0.1) is 0 Å². The Bertz CT molecular complexity index is 157. The first-order chi connectivity index (χ1) is 6.91. The van der Waals surface area contributed by atoms with Gasteiger partial charge in [-0.05, 0) is 33.2 Å². The molecule has 0 rings (SSSR count). The molecular formula is C10H20F3NO. The van der Waals surface area contributed by atoms with E-state index in [4.69, 9.17) is 4.74 Å². The van der Waals surface area contributed by atoms with E-state index in [-0.39, 0.29) is 6.61 Å². The monoisotopic (exact) mass is 227 g/mol. The molecule has 0 saturated heterocycles. The molecule has 0 bridgehead atoms. The van der Waals surface area contributed by atoms with Gasteiger partial charge in [0.2, 0.25) is 0 Å². The smallest absolute Gasteiger partial charge is 0.369 e. The molecular weight excluding hydrogens is 207 g/mol. The van der Waals surface area contributed by atoms with Crippen LogP contribution in [-0.4, -0.2) is 32.0 Å². The molecule has 0 aliphatic heterocycles. The van der Waals surface area contributed by atoms with E-state index in [9.17, 15) is 13.2 Å². The molecule has 0 radical (unpaired) electrons. The van der Waals surface area contributed by atoms with Crippen LogP contribution in [0.25, 0.3) is 0 Å². The normalized spacial score (nSPS) is 16.4. The lowest BCUT2D eigenvalue weighted by molar-refractivity contribution is -0.214. The lowest BCUT2D eigenvalue weighted by atomic mass is 10.1. The highest BCUT2D eigenvalue weighted by Crippen LogP contribution is 2.22. The lowest BCUT2D eigenvalue weighted by Gasteiger charge is -2.17. The molecule has 92 valence electrons. The van der Waals surface area contributed by atoms with E-state index < -0.39 is 12.3 Å². The summed E-state index contributed by atoms with van der Waals surface area (Å²) in [5.74, 6) is 0. The topological polar surface area (TPSA) is 21.3 Å². The molecule has 2 atom stereocenters. The highest BCUT2D eigenvalue weighted by atomic mass is 19.4. The van der Waals surface area contributed by atoms with Gasteiger partial charge in [-0.3, -0.25) is 0 Å². The maximum atomic E-state index is 12.0. The Morgan fingerprint density at radius 3 is 2.33 bits per heavy atom. The van der Waals surface area contributed by atoms with Crippen LogP contribution in [-0.2, 0) is 4.74 Å². The van der Waals surface area contributed by atoms with Crippen molar-refractivity contribution in [2.75, 3.05) is 13.7 Å². The fourth-order valence-corrected chi connectivity index (χ4v) is 1.24. The zero-order chi connectivity index (χ0) is 11.9. The summed E-state index contributed by atoms with van der Waals surface area (Å²) < 4.78 is 40.8. The minimum absolute atomic E-state index is 0.166. The van der Waals surface area contributed by atoms with Gasteiger partial charge in [0.1, 0.15) is 0 Å². The second-order valence-electron chi connectivity index (χ2n) is 3.59. The number of rotatable bonds is 7. The molecule has 0 aromatic heterocycles. The molecule has 0 amide bonds. The number of hydrogen-bond acceptors (Lipinski definition) is 2. The number of ether oxygens (including phenoxy) is 1. The zero-order valence-corrected chi connectivity index (χ0v) is 9.53. The van der Waals surface area contributed by atoms with Crippen molar-refractivity contribution in [1.82, 2.24) is 5.32 Å². The molecule has 0 aromatic carbocycles. The van der Waals surface area contributed by atoms with Gasteiger partial charge in [0.15, 0.2) is 6.10 Å². The van der Waals surface area contributed by atoms with Crippen molar-refractivity contribution in [3.63, 3.8) is 0 Å². The largest absolute Gasteiger partial charge is 0.414 e. The Balaban J connectivity index is 3.54. The first-order valence-electron chi connectivity index (χ1n) is 5.27. The van der Waals surface area contributed by atoms with Gasteiger partial charge >= 0.3 is 6.18 Å². The van der Waals surface area contributed by atoms with Crippen LogP contribution in [0.5, 0.6) is 0 Å². The van der Waals surface area contributed by atoms with E-state index in [0.29, 0.717) is 12.5 Å². The van der Waals surface area contributed by atoms with E-state index in [1.54, 1.807) is 0 Å². The fourth-order valence-electron chi connectivity index (χ4n) is 1.24. The fraction of sp³-hybridized carbons (Fsp3) is 1.00. The maximum Gasteiger partial charge on any atom is 0.414 e. The van der Waals surface area contributed by atoms with E-state index in [1.165, 1.54) is 0 Å². The van der Waals surface area contributed by atoms with Crippen LogP contribution in [0.1, 0.15) is 33.1 Å². The molecule has 0 heterocycles. The van der Waals surface area contributed by atoms with E-state index in [1.807, 2.05) is 14.0 Å². The zero-order valence-electron chi connectivity index (χ0n) is 9.53. The van der Waals surface area contributed by atoms with Crippen molar-refractivity contribution in [3.05, 3.63) is 0 Å². The SMILES string of the molecule is CCC(CCCOC(C)C(F)(F)F)NC. The van der Waals surface area contributed by atoms with Crippen molar-refractivity contribution >= 4 is 0 Å². The second-order valence-corrected chi connectivity index (χ2v) is 3.59. The predicted molar refractivity (Wildman–Crippen MR) is 53.8 cm³/mol. The van der Waals surface area contributed by atoms with Gasteiger partial charge < -0.3 is 10.1 Å². The van der Waals surface area contributed by atoms with Gasteiger partial charge in [0, 0.05) is 12.6 Å². The van der Waals surface area contributed by atoms with Gasteiger partial charge in [0.05, 0.1) is 0 Å². The molecule has 15 heavy (non-hydrogen) atoms. The third-order valence-electron chi connectivity index (χ3n) is 2.43. The summed E-state index contributed by atoms with van der Waals surface area (Å²) in [6.07, 6.45) is -3.43. The first kappa shape index (κ1) is 14.7. The quantitative estimate of drug-likeness (QED) is 0.675. The van der Waals surface area contributed by atoms with Crippen LogP contribution in [0.15, 0.2) is 0 Å². The molecule has 2 unspecified atom stereocenters. The Labute approximate surface area is 89.2 Å². The van der Waals surface area contributed by atoms with Gasteiger partial charge in [-0.25, -0.2) is 0 Å². The van der Waals surface area contributed by atoms with Crippen molar-refractivity contribution in [2.24, 2.45) is 0 Å². The Morgan fingerprint density at radius 2 is 1.93 bits per heavy atom. The van der Waals surface area contributed by atoms with Gasteiger partial charge in [-0.1, -0.05) is 6.92 Å². The summed E-state index contributed by atoms with van der Waals surface area (Å²) in [6, 6.07) is 0.370. The van der Waals surface area contributed by atoms with E-state index in [2.05, 4.69) is 5.32 Å². The lowest BCUT2D eigenvalue weighted by Crippen LogP contribution is -2.29. The maximum absolute atomic E-state index is 12.0. The Hall–Kier alpha value is -0.290. The van der Waals surface area contributed by atoms with E-state index in [0.717, 1.165) is 19.8 Å². The van der Waals surface area contributed by atoms with Crippen LogP contribution >= 0.6 is 0 Å². The summed E-state index contributed by atoms with van der Waals surface area (Å²) in [5.41, 5.74) is 0. The molecule has 0 aromatic rings. The van der Waals surface area contributed by atoms with E-state index >= 15 is 0 Å². The van der Waals surface area contributed by atoms with Gasteiger partial charge in [0.25, 0.3) is 0 Å². The average molecular weight is 227 g/mol. The summed E-state index contributed by atoms with van der Waals surface area (Å²) in [5, 5.41) is 3.09. The number of halogens is 3. The molecule has 1 N–H and O–H groups in total. The summed E-state index contributed by atoms with van der Waals surface area (Å²) in [4.78, 5) is 0. The van der Waals surface area contributed by atoms with Gasteiger partial charge in [-0.15, -0.1) is 0 Å². The predicted octanol–water partition coefficient (Wildman–Crippen LogP) is 2.73. The molecule has 0 fully saturated rings. The first-order valence-corrected chi connectivity index (χ1v) is 5.27. The minimum atomic E-state index is -4.24. The van der Waals surface area contributed by atoms with Crippen LogP contribution < -0.4 is 5.32 Å². The van der Waals surface area contributed by atoms with Crippen molar-refractivity contribution < 1.29 is 17.9 Å². The highest BCUT2D eigenvalue weighted by molar-refractivity contribution is 4.63. The third-order valence-corrected chi connectivity index (χ3v) is 2.43. The number of hydrogen-bond donors (Lipinski definition) is 1. The summed E-state index contributed by atoms with van der Waals surface area (Å²) >= 11 is 0. The minimum Gasteiger partial charge on any atom is -0.369 e. The van der Waals surface area contributed by atoms with Crippen molar-refractivity contribution in [3.8, 4) is 0 Å². The average Bonchev–Trinajstić information content (AvgIpc) is 2.16. The number of alkyl halides is 3. The summed E-state index contributed by atoms with van der Waals surface area (Å²) in [7, 11) is 1.85. The third kappa shape index (κ3) is 6.73. The molecule has 5 heteroatoms. The van der Waals surface area contributed by atoms with Gasteiger partial charge in [-0.2, -0.15) is 13.2 Å². The number of nitrogens with one attached hydrogen (secondary N) is 1. The molecule has 0 aliphatic carbocycles. The summed E-state index contributed by atoms with van der Waals surface area (Å²) in [6.45, 7) is 3.24. The second kappa shape index (κ2) is 7.06. The molecule has 0 aliphatic rings. The molecule has 2 nitrogen and oxygen atoms in total. The molecule has 0 spiro atoms. The van der Waals surface area contributed by atoms with Crippen LogP contribution in [0.4, 0.5) is 13.2 Å². The Morgan fingerprint density at radius 1 is 1.33 bits per heavy atom. The molecule has 0 saturated carbocycles. The standard InChI is InChI=1S/C10H20F3NO/c1-4-9(14-3)6-5-7-15-8(2)10(11,12)13/h8-9,14H,4-7H2,1-3H3. The van der Waals surface area contributed by atoms with Crippen LogP contribution in [0.2, 0.25) is 0 Å². The highest BCUT2D eigenvalue weighted by Gasteiger charge is 2.36. The van der Waals surface area contributed by atoms with Crippen molar-refractivity contribution in [1.29, 1.82) is 0 Å². The van der Waals surface area contributed by atoms with Crippen LogP contribution in [0.3, 0.4) is 0 Å². The Kier molecular flexibility index (Phi) is 6.92.